The summed E-state index contributed by atoms with van der Waals surface area (Å²) in [7, 11) is 0. The lowest BCUT2D eigenvalue weighted by Gasteiger charge is -2.36. The Morgan fingerprint density at radius 2 is 2.22 bits per heavy atom. The van der Waals surface area contributed by atoms with Crippen LogP contribution >= 0.6 is 0 Å². The van der Waals surface area contributed by atoms with Gasteiger partial charge in [0.25, 0.3) is 0 Å². The normalized spacial score (nSPS) is 24.6. The molecule has 2 unspecified atom stereocenters. The van der Waals surface area contributed by atoms with Crippen LogP contribution in [0.1, 0.15) is 32.4 Å². The van der Waals surface area contributed by atoms with Crippen molar-refractivity contribution in [3.63, 3.8) is 0 Å². The molecule has 2 atom stereocenters. The number of anilines is 2. The molecule has 3 N–H and O–H groups in total. The van der Waals surface area contributed by atoms with Crippen molar-refractivity contribution in [3.05, 3.63) is 5.69 Å². The van der Waals surface area contributed by atoms with Gasteiger partial charge in [0.2, 0.25) is 0 Å². The Hall–Kier alpha value is -1.23. The zero-order valence-electron chi connectivity index (χ0n) is 11.6. The molecule has 1 aromatic heterocycles. The van der Waals surface area contributed by atoms with Crippen molar-refractivity contribution in [2.75, 3.05) is 23.7 Å². The van der Waals surface area contributed by atoms with Gasteiger partial charge in [-0.05, 0) is 25.7 Å². The zero-order valence-corrected chi connectivity index (χ0v) is 11.6. The summed E-state index contributed by atoms with van der Waals surface area (Å²) in [4.78, 5) is 2.27. The fraction of sp³-hybridized carbons (Fsp3) is 0.769. The largest absolute Gasteiger partial charge is 0.394 e. The van der Waals surface area contributed by atoms with Crippen molar-refractivity contribution in [1.82, 2.24) is 9.78 Å². The summed E-state index contributed by atoms with van der Waals surface area (Å²) < 4.78 is 2.01. The summed E-state index contributed by atoms with van der Waals surface area (Å²) in [6.45, 7) is 8.76. The van der Waals surface area contributed by atoms with E-state index in [1.54, 1.807) is 0 Å². The lowest BCUT2D eigenvalue weighted by atomic mass is 9.97. The molecule has 0 bridgehead atoms. The number of aliphatic hydroxyl groups is 1. The Bertz CT molecular complexity index is 415. The van der Waals surface area contributed by atoms with E-state index in [0.717, 1.165) is 49.7 Å². The summed E-state index contributed by atoms with van der Waals surface area (Å²) in [5, 5.41) is 14.3. The number of hydrogen-bond acceptors (Lipinski definition) is 4. The van der Waals surface area contributed by atoms with Gasteiger partial charge < -0.3 is 15.7 Å². The van der Waals surface area contributed by atoms with Crippen LogP contribution in [0, 0.1) is 12.8 Å². The highest BCUT2D eigenvalue weighted by molar-refractivity contribution is 5.66. The number of aryl methyl sites for hydroxylation is 2. The SMILES string of the molecule is CCCn1nc(C)c(N)c1N1CCC(O)C(C)C1. The van der Waals surface area contributed by atoms with E-state index in [0.29, 0.717) is 0 Å². The monoisotopic (exact) mass is 252 g/mol. The first-order chi connectivity index (χ1) is 8.54. The molecule has 0 amide bonds. The van der Waals surface area contributed by atoms with Crippen molar-refractivity contribution in [2.45, 2.75) is 46.3 Å². The van der Waals surface area contributed by atoms with Crippen LogP contribution in [0.3, 0.4) is 0 Å². The van der Waals surface area contributed by atoms with Gasteiger partial charge in [-0.15, -0.1) is 0 Å². The zero-order chi connectivity index (χ0) is 13.3. The Morgan fingerprint density at radius 3 is 2.83 bits per heavy atom. The number of nitrogens with two attached hydrogens (primary N) is 1. The average Bonchev–Trinajstić information content (AvgIpc) is 2.60. The lowest BCUT2D eigenvalue weighted by molar-refractivity contribution is 0.0966. The molecule has 5 nitrogen and oxygen atoms in total. The molecule has 1 aromatic rings. The van der Waals surface area contributed by atoms with Crippen LogP contribution in [0.25, 0.3) is 0 Å². The Morgan fingerprint density at radius 1 is 1.50 bits per heavy atom. The smallest absolute Gasteiger partial charge is 0.150 e. The summed E-state index contributed by atoms with van der Waals surface area (Å²) >= 11 is 0. The minimum absolute atomic E-state index is 0.189. The van der Waals surface area contributed by atoms with Gasteiger partial charge in [0.15, 0.2) is 5.82 Å². The first kappa shape index (κ1) is 13.2. The van der Waals surface area contributed by atoms with Crippen LogP contribution < -0.4 is 10.6 Å². The second-order valence-electron chi connectivity index (χ2n) is 5.33. The highest BCUT2D eigenvalue weighted by Crippen LogP contribution is 2.30. The molecule has 0 aromatic carbocycles. The topological polar surface area (TPSA) is 67.3 Å². The molecule has 1 fully saturated rings. The molecule has 1 aliphatic heterocycles. The first-order valence-electron chi connectivity index (χ1n) is 6.80. The summed E-state index contributed by atoms with van der Waals surface area (Å²) in [6.07, 6.45) is 1.66. The van der Waals surface area contributed by atoms with E-state index in [9.17, 15) is 5.11 Å². The molecular weight excluding hydrogens is 228 g/mol. The van der Waals surface area contributed by atoms with Crippen molar-refractivity contribution in [2.24, 2.45) is 5.92 Å². The molecule has 0 radical (unpaired) electrons. The molecule has 0 saturated carbocycles. The van der Waals surface area contributed by atoms with Crippen LogP contribution in [-0.4, -0.2) is 34.1 Å². The van der Waals surface area contributed by atoms with Crippen LogP contribution in [0.15, 0.2) is 0 Å². The van der Waals surface area contributed by atoms with E-state index in [1.165, 1.54) is 0 Å². The number of nitrogens with zero attached hydrogens (tertiary/aromatic N) is 3. The third-order valence-corrected chi connectivity index (χ3v) is 3.74. The van der Waals surface area contributed by atoms with Crippen LogP contribution in [0.2, 0.25) is 0 Å². The Kier molecular flexibility index (Phi) is 3.80. The van der Waals surface area contributed by atoms with Gasteiger partial charge in [0.1, 0.15) is 0 Å². The second kappa shape index (κ2) is 5.18. The van der Waals surface area contributed by atoms with Gasteiger partial charge in [-0.3, -0.25) is 0 Å². The summed E-state index contributed by atoms with van der Waals surface area (Å²) in [6, 6.07) is 0. The number of nitrogen functional groups attached to an aromatic ring is 1. The molecule has 2 heterocycles. The molecule has 0 aliphatic carbocycles. The molecule has 1 aliphatic rings. The van der Waals surface area contributed by atoms with Crippen LogP contribution in [0.4, 0.5) is 11.5 Å². The molecule has 0 spiro atoms. The van der Waals surface area contributed by atoms with Crippen molar-refractivity contribution >= 4 is 11.5 Å². The average molecular weight is 252 g/mol. The van der Waals surface area contributed by atoms with E-state index >= 15 is 0 Å². The highest BCUT2D eigenvalue weighted by Gasteiger charge is 2.28. The van der Waals surface area contributed by atoms with Crippen molar-refractivity contribution in [3.8, 4) is 0 Å². The molecule has 18 heavy (non-hydrogen) atoms. The van der Waals surface area contributed by atoms with E-state index in [2.05, 4.69) is 23.8 Å². The van der Waals surface area contributed by atoms with Crippen molar-refractivity contribution < 1.29 is 5.11 Å². The van der Waals surface area contributed by atoms with Gasteiger partial charge in [0, 0.05) is 19.6 Å². The molecule has 2 rings (SSSR count). The van der Waals surface area contributed by atoms with Gasteiger partial charge in [-0.1, -0.05) is 13.8 Å². The lowest BCUT2D eigenvalue weighted by Crippen LogP contribution is -2.43. The molecule has 1 saturated heterocycles. The maximum atomic E-state index is 9.81. The fourth-order valence-electron chi connectivity index (χ4n) is 2.61. The third kappa shape index (κ3) is 2.32. The predicted octanol–water partition coefficient (Wildman–Crippen LogP) is 1.39. The Balaban J connectivity index is 2.26. The highest BCUT2D eigenvalue weighted by atomic mass is 16.3. The Labute approximate surface area is 109 Å². The van der Waals surface area contributed by atoms with Crippen molar-refractivity contribution in [1.29, 1.82) is 0 Å². The van der Waals surface area contributed by atoms with Gasteiger partial charge in [-0.2, -0.15) is 5.10 Å². The molecular formula is C13H24N4O. The van der Waals surface area contributed by atoms with E-state index in [1.807, 2.05) is 11.6 Å². The summed E-state index contributed by atoms with van der Waals surface area (Å²) in [5.41, 5.74) is 7.84. The standard InChI is InChI=1S/C13H24N4O/c1-4-6-17-13(12(14)10(3)15-17)16-7-5-11(18)9(2)8-16/h9,11,18H,4-8,14H2,1-3H3. The maximum Gasteiger partial charge on any atom is 0.150 e. The second-order valence-corrected chi connectivity index (χ2v) is 5.33. The molecule has 102 valence electrons. The predicted molar refractivity (Wildman–Crippen MR) is 73.7 cm³/mol. The molecule has 5 heteroatoms. The maximum absolute atomic E-state index is 9.81. The van der Waals surface area contributed by atoms with Gasteiger partial charge >= 0.3 is 0 Å². The number of aliphatic hydroxyl groups excluding tert-OH is 1. The third-order valence-electron chi connectivity index (χ3n) is 3.74. The fourth-order valence-corrected chi connectivity index (χ4v) is 2.61. The number of piperidine rings is 1. The van der Waals surface area contributed by atoms with E-state index < -0.39 is 0 Å². The van der Waals surface area contributed by atoms with Gasteiger partial charge in [-0.25, -0.2) is 4.68 Å². The first-order valence-corrected chi connectivity index (χ1v) is 6.80. The van der Waals surface area contributed by atoms with E-state index in [-0.39, 0.29) is 12.0 Å². The summed E-state index contributed by atoms with van der Waals surface area (Å²) in [5.74, 6) is 1.32. The minimum atomic E-state index is -0.189. The van der Waals surface area contributed by atoms with Crippen LogP contribution in [0.5, 0.6) is 0 Å². The van der Waals surface area contributed by atoms with Crippen LogP contribution in [-0.2, 0) is 6.54 Å². The number of hydrogen-bond donors (Lipinski definition) is 2. The number of aromatic nitrogens is 2. The van der Waals surface area contributed by atoms with Gasteiger partial charge in [0.05, 0.1) is 17.5 Å². The minimum Gasteiger partial charge on any atom is -0.394 e. The van der Waals surface area contributed by atoms with E-state index in [4.69, 9.17) is 5.73 Å². The quantitative estimate of drug-likeness (QED) is 0.853. The number of rotatable bonds is 3.